The molecule has 1 aliphatic rings. The maximum atomic E-state index is 13.5. The zero-order valence-electron chi connectivity index (χ0n) is 17.3. The number of fused-ring (bicyclic) bond motifs is 2. The highest BCUT2D eigenvalue weighted by Gasteiger charge is 2.27. The number of para-hydroxylation sites is 1. The highest BCUT2D eigenvalue weighted by Crippen LogP contribution is 2.30. The second kappa shape index (κ2) is 8.70. The third kappa shape index (κ3) is 4.14. The number of carbonyl (C=O) groups is 2. The topological polar surface area (TPSA) is 111 Å². The number of pyridine rings is 1. The summed E-state index contributed by atoms with van der Waals surface area (Å²) < 4.78 is 19.0. The molecule has 8 nitrogen and oxygen atoms in total. The van der Waals surface area contributed by atoms with Crippen molar-refractivity contribution in [1.82, 2.24) is 4.98 Å². The van der Waals surface area contributed by atoms with Crippen molar-refractivity contribution in [2.24, 2.45) is 0 Å². The van der Waals surface area contributed by atoms with E-state index in [1.807, 2.05) is 18.2 Å². The van der Waals surface area contributed by atoms with Crippen molar-refractivity contribution in [2.75, 3.05) is 5.32 Å². The maximum Gasteiger partial charge on any atom is 0.339 e. The van der Waals surface area contributed by atoms with Gasteiger partial charge in [-0.2, -0.15) is 4.39 Å². The Morgan fingerprint density at radius 3 is 2.72 bits per heavy atom. The van der Waals surface area contributed by atoms with Crippen LogP contribution in [0, 0.1) is 15.9 Å². The monoisotopic (exact) mass is 437 g/mol. The van der Waals surface area contributed by atoms with Crippen LogP contribution in [0.5, 0.6) is 0 Å². The number of nitrogens with zero attached hydrogens (tertiary/aromatic N) is 2. The maximum absolute atomic E-state index is 13.5. The van der Waals surface area contributed by atoms with Crippen molar-refractivity contribution in [2.45, 2.75) is 38.7 Å². The number of hydrogen-bond acceptors (Lipinski definition) is 6. The highest BCUT2D eigenvalue weighted by molar-refractivity contribution is 6.06. The Morgan fingerprint density at radius 2 is 1.94 bits per heavy atom. The van der Waals surface area contributed by atoms with E-state index >= 15 is 0 Å². The summed E-state index contributed by atoms with van der Waals surface area (Å²) in [4.78, 5) is 40.4. The summed E-state index contributed by atoms with van der Waals surface area (Å²) in [5.74, 6) is -2.33. The standard InChI is InChI=1S/C23H20FN3O5/c1-13(22(28)25-14-10-11-17(24)20(12-14)27(30)31)32-23(29)21-15-6-2-4-8-18(15)26-19-9-5-3-7-16(19)21/h2,4,6,8,10-13H,3,5,7,9H2,1H3,(H,25,28)/t13-/m0/s1. The van der Waals surface area contributed by atoms with Crippen LogP contribution in [-0.2, 0) is 22.4 Å². The fraction of sp³-hybridized carbons (Fsp3) is 0.261. The van der Waals surface area contributed by atoms with E-state index in [1.54, 1.807) is 6.07 Å². The summed E-state index contributed by atoms with van der Waals surface area (Å²) in [5, 5.41) is 14.0. The molecule has 4 rings (SSSR count). The van der Waals surface area contributed by atoms with Gasteiger partial charge in [-0.05, 0) is 56.4 Å². The van der Waals surface area contributed by atoms with Crippen LogP contribution >= 0.6 is 0 Å². The molecule has 9 heteroatoms. The predicted molar refractivity (Wildman–Crippen MR) is 115 cm³/mol. The Bertz CT molecular complexity index is 1240. The Kier molecular flexibility index (Phi) is 5.81. The molecule has 1 amide bonds. The van der Waals surface area contributed by atoms with E-state index in [1.165, 1.54) is 13.0 Å². The van der Waals surface area contributed by atoms with E-state index in [9.17, 15) is 24.1 Å². The van der Waals surface area contributed by atoms with Gasteiger partial charge in [0.1, 0.15) is 0 Å². The smallest absolute Gasteiger partial charge is 0.339 e. The van der Waals surface area contributed by atoms with Crippen molar-refractivity contribution in [1.29, 1.82) is 0 Å². The number of carbonyl (C=O) groups excluding carboxylic acids is 2. The molecule has 0 aliphatic heterocycles. The zero-order valence-corrected chi connectivity index (χ0v) is 17.3. The lowest BCUT2D eigenvalue weighted by Crippen LogP contribution is -2.30. The molecule has 1 aromatic heterocycles. The van der Waals surface area contributed by atoms with Crippen LogP contribution in [0.1, 0.15) is 41.4 Å². The minimum absolute atomic E-state index is 0.0257. The Hall–Kier alpha value is -3.88. The van der Waals surface area contributed by atoms with Crippen molar-refractivity contribution in [3.63, 3.8) is 0 Å². The number of nitro benzene ring substituents is 1. The van der Waals surface area contributed by atoms with E-state index < -0.39 is 34.4 Å². The fourth-order valence-corrected chi connectivity index (χ4v) is 3.85. The number of aryl methyl sites for hydroxylation is 1. The van der Waals surface area contributed by atoms with Gasteiger partial charge in [-0.15, -0.1) is 0 Å². The molecule has 0 fully saturated rings. The molecule has 0 spiro atoms. The van der Waals surface area contributed by atoms with Crippen molar-refractivity contribution in [3.8, 4) is 0 Å². The van der Waals surface area contributed by atoms with Gasteiger partial charge in [0.05, 0.1) is 16.0 Å². The largest absolute Gasteiger partial charge is 0.449 e. The summed E-state index contributed by atoms with van der Waals surface area (Å²) in [6.45, 7) is 1.40. The van der Waals surface area contributed by atoms with E-state index in [2.05, 4.69) is 10.3 Å². The zero-order chi connectivity index (χ0) is 22.8. The molecule has 2 aromatic carbocycles. The molecule has 0 unspecified atom stereocenters. The summed E-state index contributed by atoms with van der Waals surface area (Å²) in [5.41, 5.74) is 2.10. The lowest BCUT2D eigenvalue weighted by atomic mass is 9.90. The summed E-state index contributed by atoms with van der Waals surface area (Å²) in [7, 11) is 0. The van der Waals surface area contributed by atoms with Gasteiger partial charge in [-0.1, -0.05) is 18.2 Å². The molecule has 0 radical (unpaired) electrons. The Labute approximate surface area is 182 Å². The lowest BCUT2D eigenvalue weighted by molar-refractivity contribution is -0.387. The molecule has 1 aliphatic carbocycles. The fourth-order valence-electron chi connectivity index (χ4n) is 3.85. The van der Waals surface area contributed by atoms with Crippen molar-refractivity contribution < 1.29 is 23.6 Å². The third-order valence-corrected chi connectivity index (χ3v) is 5.44. The number of hydrogen-bond donors (Lipinski definition) is 1. The van der Waals surface area contributed by atoms with Gasteiger partial charge in [0.25, 0.3) is 5.91 Å². The lowest BCUT2D eigenvalue weighted by Gasteiger charge is -2.21. The van der Waals surface area contributed by atoms with Gasteiger partial charge in [0.2, 0.25) is 5.82 Å². The predicted octanol–water partition coefficient (Wildman–Crippen LogP) is 4.34. The SMILES string of the molecule is C[C@H](OC(=O)c1c2c(nc3ccccc13)CCCC2)C(=O)Nc1ccc(F)c([N+](=O)[O-])c1. The van der Waals surface area contributed by atoms with E-state index in [0.29, 0.717) is 22.9 Å². The van der Waals surface area contributed by atoms with E-state index in [0.717, 1.165) is 42.7 Å². The molecule has 0 saturated carbocycles. The molecular weight excluding hydrogens is 417 g/mol. The molecule has 1 N–H and O–H groups in total. The Balaban J connectivity index is 1.57. The molecular formula is C23H20FN3O5. The van der Waals surface area contributed by atoms with Crippen molar-refractivity contribution in [3.05, 3.63) is 75.2 Å². The molecule has 1 atom stereocenters. The van der Waals surface area contributed by atoms with Crippen LogP contribution in [0.2, 0.25) is 0 Å². The normalized spacial score (nSPS) is 13.8. The molecule has 164 valence electrons. The van der Waals surface area contributed by atoms with Crippen LogP contribution in [-0.4, -0.2) is 27.9 Å². The van der Waals surface area contributed by atoms with Crippen molar-refractivity contribution >= 4 is 34.2 Å². The quantitative estimate of drug-likeness (QED) is 0.361. The first-order valence-corrected chi connectivity index (χ1v) is 10.2. The highest BCUT2D eigenvalue weighted by atomic mass is 19.1. The van der Waals surface area contributed by atoms with E-state index in [4.69, 9.17) is 4.74 Å². The Morgan fingerprint density at radius 1 is 1.19 bits per heavy atom. The molecule has 1 heterocycles. The molecule has 3 aromatic rings. The van der Waals surface area contributed by atoms with Crippen LogP contribution in [0.25, 0.3) is 10.9 Å². The average Bonchev–Trinajstić information content (AvgIpc) is 2.78. The van der Waals surface area contributed by atoms with Gasteiger partial charge in [0, 0.05) is 22.8 Å². The number of ether oxygens (including phenoxy) is 1. The van der Waals surface area contributed by atoms with E-state index in [-0.39, 0.29) is 5.69 Å². The second-order valence-corrected chi connectivity index (χ2v) is 7.60. The second-order valence-electron chi connectivity index (χ2n) is 7.60. The van der Waals surface area contributed by atoms with Gasteiger partial charge in [-0.25, -0.2) is 4.79 Å². The van der Waals surface area contributed by atoms with Gasteiger partial charge in [0.15, 0.2) is 6.10 Å². The molecule has 0 bridgehead atoms. The number of aromatic nitrogens is 1. The number of nitrogens with one attached hydrogen (secondary N) is 1. The van der Waals surface area contributed by atoms with Crippen LogP contribution in [0.3, 0.4) is 0 Å². The van der Waals surface area contributed by atoms with Crippen LogP contribution < -0.4 is 5.32 Å². The van der Waals surface area contributed by atoms with Crippen LogP contribution in [0.4, 0.5) is 15.8 Å². The summed E-state index contributed by atoms with van der Waals surface area (Å²) in [6, 6.07) is 10.3. The minimum Gasteiger partial charge on any atom is -0.449 e. The number of benzene rings is 2. The van der Waals surface area contributed by atoms with Gasteiger partial charge >= 0.3 is 11.7 Å². The third-order valence-electron chi connectivity index (χ3n) is 5.44. The first-order valence-electron chi connectivity index (χ1n) is 10.2. The number of anilines is 1. The van der Waals surface area contributed by atoms with Gasteiger partial charge in [-0.3, -0.25) is 19.9 Å². The summed E-state index contributed by atoms with van der Waals surface area (Å²) >= 11 is 0. The number of rotatable bonds is 5. The van der Waals surface area contributed by atoms with Gasteiger partial charge < -0.3 is 10.1 Å². The number of nitro groups is 1. The summed E-state index contributed by atoms with van der Waals surface area (Å²) in [6.07, 6.45) is 2.23. The number of halogens is 1. The minimum atomic E-state index is -1.18. The van der Waals surface area contributed by atoms with Crippen LogP contribution in [0.15, 0.2) is 42.5 Å². The molecule has 0 saturated heterocycles. The first-order chi connectivity index (χ1) is 15.3. The number of esters is 1. The first kappa shape index (κ1) is 21.4. The average molecular weight is 437 g/mol. The number of amides is 1. The molecule has 32 heavy (non-hydrogen) atoms.